The molecular weight excluding hydrogens is 200 g/mol. The van der Waals surface area contributed by atoms with Crippen LogP contribution in [-0.2, 0) is 4.74 Å². The number of rotatable bonds is 7. The molecule has 94 valence electrons. The van der Waals surface area contributed by atoms with Crippen molar-refractivity contribution in [2.45, 2.75) is 44.1 Å². The fraction of sp³-hybridized carbons (Fsp3) is 1.00. The predicted molar refractivity (Wildman–Crippen MR) is 66.8 cm³/mol. The van der Waals surface area contributed by atoms with Gasteiger partial charge < -0.3 is 15.0 Å². The highest BCUT2D eigenvalue weighted by Crippen LogP contribution is 2.37. The molecule has 0 amide bonds. The summed E-state index contributed by atoms with van der Waals surface area (Å²) in [6.45, 7) is 6.09. The van der Waals surface area contributed by atoms with E-state index in [2.05, 4.69) is 10.2 Å². The van der Waals surface area contributed by atoms with Crippen LogP contribution >= 0.6 is 0 Å². The van der Waals surface area contributed by atoms with E-state index in [-0.39, 0.29) is 5.60 Å². The van der Waals surface area contributed by atoms with Gasteiger partial charge >= 0.3 is 0 Å². The highest BCUT2D eigenvalue weighted by molar-refractivity contribution is 4.89. The Kier molecular flexibility index (Phi) is 4.62. The van der Waals surface area contributed by atoms with Gasteiger partial charge in [0.1, 0.15) is 0 Å². The van der Waals surface area contributed by atoms with Gasteiger partial charge in [0.2, 0.25) is 0 Å². The minimum Gasteiger partial charge on any atom is -0.378 e. The van der Waals surface area contributed by atoms with Gasteiger partial charge in [-0.3, -0.25) is 0 Å². The van der Waals surface area contributed by atoms with Crippen LogP contribution in [0.3, 0.4) is 0 Å². The average molecular weight is 226 g/mol. The first-order valence-electron chi connectivity index (χ1n) is 6.83. The predicted octanol–water partition coefficient (Wildman–Crippen LogP) is 1.63. The van der Waals surface area contributed by atoms with Crippen molar-refractivity contribution in [3.05, 3.63) is 0 Å². The second-order valence-electron chi connectivity index (χ2n) is 5.29. The lowest BCUT2D eigenvalue weighted by atomic mass is 9.77. The van der Waals surface area contributed by atoms with Crippen molar-refractivity contribution < 1.29 is 4.74 Å². The van der Waals surface area contributed by atoms with Crippen molar-refractivity contribution >= 4 is 0 Å². The molecule has 0 bridgehead atoms. The van der Waals surface area contributed by atoms with Crippen LogP contribution in [0.1, 0.15) is 38.5 Å². The molecule has 2 fully saturated rings. The number of nitrogens with one attached hydrogen (secondary N) is 1. The molecule has 1 saturated heterocycles. The molecule has 1 aliphatic carbocycles. The molecule has 0 spiro atoms. The van der Waals surface area contributed by atoms with E-state index < -0.39 is 0 Å². The van der Waals surface area contributed by atoms with Gasteiger partial charge in [-0.2, -0.15) is 0 Å². The lowest BCUT2D eigenvalue weighted by molar-refractivity contribution is -0.0767. The minimum absolute atomic E-state index is 0.237. The van der Waals surface area contributed by atoms with Crippen LogP contribution in [0.5, 0.6) is 0 Å². The Morgan fingerprint density at radius 3 is 2.44 bits per heavy atom. The molecule has 1 saturated carbocycles. The second-order valence-corrected chi connectivity index (χ2v) is 5.29. The van der Waals surface area contributed by atoms with E-state index in [4.69, 9.17) is 4.74 Å². The lowest BCUT2D eigenvalue weighted by Gasteiger charge is -2.40. The number of likely N-dealkylation sites (tertiary alicyclic amines) is 1. The Bertz CT molecular complexity index is 193. The smallest absolute Gasteiger partial charge is 0.0690 e. The molecule has 0 atom stereocenters. The number of methoxy groups -OCH3 is 1. The summed E-state index contributed by atoms with van der Waals surface area (Å²) in [4.78, 5) is 2.56. The zero-order chi connectivity index (χ0) is 11.3. The summed E-state index contributed by atoms with van der Waals surface area (Å²) in [6.07, 6.45) is 7.85. The molecule has 0 aromatic rings. The Hall–Kier alpha value is -0.120. The Labute approximate surface area is 99.5 Å². The normalized spacial score (nSPS) is 24.6. The van der Waals surface area contributed by atoms with Crippen LogP contribution in [-0.4, -0.2) is 50.3 Å². The summed E-state index contributed by atoms with van der Waals surface area (Å²) in [7, 11) is 1.86. The van der Waals surface area contributed by atoms with Crippen LogP contribution in [0.2, 0.25) is 0 Å². The Morgan fingerprint density at radius 1 is 1.12 bits per heavy atom. The first-order chi connectivity index (χ1) is 7.85. The summed E-state index contributed by atoms with van der Waals surface area (Å²) < 4.78 is 5.60. The number of hydrogen-bond acceptors (Lipinski definition) is 3. The number of hydrogen-bond donors (Lipinski definition) is 1. The fourth-order valence-corrected chi connectivity index (χ4v) is 2.81. The van der Waals surface area contributed by atoms with Crippen LogP contribution in [0.15, 0.2) is 0 Å². The summed E-state index contributed by atoms with van der Waals surface area (Å²) in [5, 5.41) is 3.55. The van der Waals surface area contributed by atoms with Gasteiger partial charge in [0, 0.05) is 20.2 Å². The van der Waals surface area contributed by atoms with E-state index in [1.807, 2.05) is 7.11 Å². The molecule has 3 heteroatoms. The monoisotopic (exact) mass is 226 g/mol. The van der Waals surface area contributed by atoms with E-state index in [1.54, 1.807) is 0 Å². The second kappa shape index (κ2) is 5.99. The third kappa shape index (κ3) is 3.19. The van der Waals surface area contributed by atoms with Gasteiger partial charge in [0.15, 0.2) is 0 Å². The third-order valence-corrected chi connectivity index (χ3v) is 4.26. The fourth-order valence-electron chi connectivity index (χ4n) is 2.81. The Balaban J connectivity index is 1.48. The molecule has 2 rings (SSSR count). The molecule has 1 heterocycles. The Morgan fingerprint density at radius 2 is 1.88 bits per heavy atom. The first-order valence-corrected chi connectivity index (χ1v) is 6.83. The molecule has 16 heavy (non-hydrogen) atoms. The maximum Gasteiger partial charge on any atom is 0.0690 e. The average Bonchev–Trinajstić information content (AvgIpc) is 2.74. The quantitative estimate of drug-likeness (QED) is 0.668. The molecule has 1 N–H and O–H groups in total. The van der Waals surface area contributed by atoms with Crippen molar-refractivity contribution in [3.63, 3.8) is 0 Å². The lowest BCUT2D eigenvalue weighted by Crippen LogP contribution is -2.42. The standard InChI is InChI=1S/C13H26N2O/c1-16-13(5-4-6-13)7-8-14-9-12-15-10-2-3-11-15/h14H,2-12H2,1H3. The maximum absolute atomic E-state index is 5.60. The SMILES string of the molecule is COC1(CCNCCN2CCCC2)CCC1. The zero-order valence-electron chi connectivity index (χ0n) is 10.6. The maximum atomic E-state index is 5.60. The van der Waals surface area contributed by atoms with Gasteiger partial charge in [-0.15, -0.1) is 0 Å². The van der Waals surface area contributed by atoms with Gasteiger partial charge in [0.25, 0.3) is 0 Å². The first kappa shape index (κ1) is 12.3. The van der Waals surface area contributed by atoms with Gasteiger partial charge in [-0.05, 0) is 58.2 Å². The van der Waals surface area contributed by atoms with Crippen molar-refractivity contribution in [1.29, 1.82) is 0 Å². The van der Waals surface area contributed by atoms with E-state index in [1.165, 1.54) is 58.2 Å². The summed E-state index contributed by atoms with van der Waals surface area (Å²) in [6, 6.07) is 0. The molecular formula is C13H26N2O. The van der Waals surface area contributed by atoms with E-state index in [0.717, 1.165) is 13.1 Å². The summed E-state index contributed by atoms with van der Waals surface area (Å²) in [5.74, 6) is 0. The molecule has 0 aromatic heterocycles. The molecule has 0 aromatic carbocycles. The molecule has 0 unspecified atom stereocenters. The van der Waals surface area contributed by atoms with E-state index >= 15 is 0 Å². The molecule has 3 nitrogen and oxygen atoms in total. The molecule has 0 radical (unpaired) electrons. The van der Waals surface area contributed by atoms with Crippen LogP contribution in [0.4, 0.5) is 0 Å². The largest absolute Gasteiger partial charge is 0.378 e. The highest BCUT2D eigenvalue weighted by Gasteiger charge is 2.36. The highest BCUT2D eigenvalue weighted by atomic mass is 16.5. The van der Waals surface area contributed by atoms with E-state index in [9.17, 15) is 0 Å². The van der Waals surface area contributed by atoms with Crippen LogP contribution in [0, 0.1) is 0 Å². The summed E-state index contributed by atoms with van der Waals surface area (Å²) in [5.41, 5.74) is 0.237. The van der Waals surface area contributed by atoms with Gasteiger partial charge in [-0.1, -0.05) is 0 Å². The topological polar surface area (TPSA) is 24.5 Å². The third-order valence-electron chi connectivity index (χ3n) is 4.26. The van der Waals surface area contributed by atoms with Crippen LogP contribution < -0.4 is 5.32 Å². The molecule has 2 aliphatic rings. The van der Waals surface area contributed by atoms with Gasteiger partial charge in [-0.25, -0.2) is 0 Å². The van der Waals surface area contributed by atoms with Crippen molar-refractivity contribution in [2.24, 2.45) is 0 Å². The van der Waals surface area contributed by atoms with Crippen molar-refractivity contribution in [1.82, 2.24) is 10.2 Å². The number of ether oxygens (including phenoxy) is 1. The zero-order valence-corrected chi connectivity index (χ0v) is 10.6. The van der Waals surface area contributed by atoms with Crippen LogP contribution in [0.25, 0.3) is 0 Å². The molecule has 1 aliphatic heterocycles. The van der Waals surface area contributed by atoms with Crippen molar-refractivity contribution in [2.75, 3.05) is 39.8 Å². The number of nitrogens with zero attached hydrogens (tertiary/aromatic N) is 1. The summed E-state index contributed by atoms with van der Waals surface area (Å²) >= 11 is 0. The van der Waals surface area contributed by atoms with Crippen molar-refractivity contribution in [3.8, 4) is 0 Å². The van der Waals surface area contributed by atoms with Gasteiger partial charge in [0.05, 0.1) is 5.60 Å². The minimum atomic E-state index is 0.237. The van der Waals surface area contributed by atoms with E-state index in [0.29, 0.717) is 0 Å².